The monoisotopic (exact) mass is 361 g/mol. The van der Waals surface area contributed by atoms with E-state index in [0.717, 1.165) is 50.5 Å². The molecule has 5 heteroatoms. The van der Waals surface area contributed by atoms with Crippen LogP contribution in [0.25, 0.3) is 0 Å². The lowest BCUT2D eigenvalue weighted by atomic mass is 9.87. The average Bonchev–Trinajstić information content (AvgIpc) is 2.65. The molecule has 2 aromatic rings. The third-order valence-corrected chi connectivity index (χ3v) is 4.94. The molecule has 0 aliphatic carbocycles. The number of piperidine rings is 1. The van der Waals surface area contributed by atoms with E-state index < -0.39 is 17.7 Å². The molecule has 1 aliphatic heterocycles. The number of benzene rings is 2. The third-order valence-electron chi connectivity index (χ3n) is 4.94. The van der Waals surface area contributed by atoms with E-state index in [9.17, 15) is 13.9 Å². The summed E-state index contributed by atoms with van der Waals surface area (Å²) in [5.41, 5.74) is 0.988. The molecule has 3 rings (SSSR count). The van der Waals surface area contributed by atoms with Crippen LogP contribution in [0.15, 0.2) is 48.5 Å². The standard InChI is InChI=1S/C21H25F2NO2/c22-18-13-19(23)15-20(14-18)26-12-4-9-24-10-7-17(8-11-24)21(25)16-5-2-1-3-6-16/h1-3,5-6,13-15,17,21,25H,4,7-12H2. The summed E-state index contributed by atoms with van der Waals surface area (Å²) in [6.07, 6.45) is 2.33. The maximum absolute atomic E-state index is 13.1. The molecule has 1 heterocycles. The lowest BCUT2D eigenvalue weighted by Gasteiger charge is -2.34. The van der Waals surface area contributed by atoms with Gasteiger partial charge in [0.2, 0.25) is 0 Å². The minimum atomic E-state index is -0.626. The molecule has 1 N–H and O–H groups in total. The zero-order valence-electron chi connectivity index (χ0n) is 14.8. The van der Waals surface area contributed by atoms with E-state index in [1.54, 1.807) is 0 Å². The van der Waals surface area contributed by atoms with Crippen LogP contribution in [-0.4, -0.2) is 36.2 Å². The Hall–Kier alpha value is -1.98. The van der Waals surface area contributed by atoms with Crippen molar-refractivity contribution in [2.75, 3.05) is 26.2 Å². The van der Waals surface area contributed by atoms with Crippen LogP contribution in [0, 0.1) is 17.6 Å². The van der Waals surface area contributed by atoms with Crippen molar-refractivity contribution in [3.8, 4) is 5.75 Å². The van der Waals surface area contributed by atoms with Gasteiger partial charge in [-0.15, -0.1) is 0 Å². The largest absolute Gasteiger partial charge is 0.493 e. The number of likely N-dealkylation sites (tertiary alicyclic amines) is 1. The first-order chi connectivity index (χ1) is 12.6. The molecule has 1 unspecified atom stereocenters. The van der Waals surface area contributed by atoms with E-state index in [2.05, 4.69) is 4.90 Å². The van der Waals surface area contributed by atoms with E-state index in [1.165, 1.54) is 12.1 Å². The number of aliphatic hydroxyl groups is 1. The molecule has 26 heavy (non-hydrogen) atoms. The molecule has 0 amide bonds. The van der Waals surface area contributed by atoms with Gasteiger partial charge in [-0.1, -0.05) is 30.3 Å². The van der Waals surface area contributed by atoms with Crippen molar-refractivity contribution in [3.63, 3.8) is 0 Å². The summed E-state index contributed by atoms with van der Waals surface area (Å²) in [6.45, 7) is 3.20. The summed E-state index contributed by atoms with van der Waals surface area (Å²) >= 11 is 0. The Kier molecular flexibility index (Phi) is 6.58. The number of ether oxygens (including phenoxy) is 1. The Bertz CT molecular complexity index is 667. The van der Waals surface area contributed by atoms with Gasteiger partial charge < -0.3 is 14.7 Å². The van der Waals surface area contributed by atoms with E-state index in [0.29, 0.717) is 12.5 Å². The van der Waals surface area contributed by atoms with Gasteiger partial charge in [0.25, 0.3) is 0 Å². The van der Waals surface area contributed by atoms with Crippen molar-refractivity contribution >= 4 is 0 Å². The van der Waals surface area contributed by atoms with Gasteiger partial charge in [0, 0.05) is 24.7 Å². The van der Waals surface area contributed by atoms with Crippen LogP contribution in [-0.2, 0) is 0 Å². The lowest BCUT2D eigenvalue weighted by Crippen LogP contribution is -2.36. The van der Waals surface area contributed by atoms with Crippen molar-refractivity contribution in [1.82, 2.24) is 4.90 Å². The molecule has 1 atom stereocenters. The molecule has 0 bridgehead atoms. The Labute approximate surface area is 153 Å². The van der Waals surface area contributed by atoms with E-state index in [-0.39, 0.29) is 5.75 Å². The number of rotatable bonds is 7. The van der Waals surface area contributed by atoms with Crippen LogP contribution in [0.3, 0.4) is 0 Å². The number of halogens is 2. The summed E-state index contributed by atoms with van der Waals surface area (Å²) in [5.74, 6) is -0.731. The van der Waals surface area contributed by atoms with Gasteiger partial charge in [-0.3, -0.25) is 0 Å². The van der Waals surface area contributed by atoms with Crippen molar-refractivity contribution < 1.29 is 18.6 Å². The van der Waals surface area contributed by atoms with Gasteiger partial charge >= 0.3 is 0 Å². The van der Waals surface area contributed by atoms with Crippen LogP contribution in [0.5, 0.6) is 5.75 Å². The smallest absolute Gasteiger partial charge is 0.129 e. The van der Waals surface area contributed by atoms with Crippen molar-refractivity contribution in [1.29, 1.82) is 0 Å². The summed E-state index contributed by atoms with van der Waals surface area (Å²) in [7, 11) is 0. The van der Waals surface area contributed by atoms with Gasteiger partial charge in [0.15, 0.2) is 0 Å². The lowest BCUT2D eigenvalue weighted by molar-refractivity contribution is 0.0574. The van der Waals surface area contributed by atoms with Crippen molar-refractivity contribution in [2.24, 2.45) is 5.92 Å². The highest BCUT2D eigenvalue weighted by Crippen LogP contribution is 2.30. The summed E-state index contributed by atoms with van der Waals surface area (Å²) < 4.78 is 31.6. The van der Waals surface area contributed by atoms with Gasteiger partial charge in [-0.2, -0.15) is 0 Å². The van der Waals surface area contributed by atoms with Crippen LogP contribution in [0.1, 0.15) is 30.9 Å². The van der Waals surface area contributed by atoms with Gasteiger partial charge in [-0.25, -0.2) is 8.78 Å². The van der Waals surface area contributed by atoms with E-state index >= 15 is 0 Å². The Morgan fingerprint density at radius 3 is 2.35 bits per heavy atom. The molecule has 0 spiro atoms. The van der Waals surface area contributed by atoms with Gasteiger partial charge in [0.05, 0.1) is 12.7 Å². The molecule has 0 saturated carbocycles. The topological polar surface area (TPSA) is 32.7 Å². The molecule has 1 saturated heterocycles. The fourth-order valence-electron chi connectivity index (χ4n) is 3.50. The second-order valence-electron chi connectivity index (χ2n) is 6.84. The third kappa shape index (κ3) is 5.26. The molecule has 0 aromatic heterocycles. The predicted octanol–water partition coefficient (Wildman–Crippen LogP) is 4.18. The number of hydrogen-bond acceptors (Lipinski definition) is 3. The highest BCUT2D eigenvalue weighted by Gasteiger charge is 2.25. The molecule has 140 valence electrons. The Balaban J connectivity index is 1.36. The Morgan fingerprint density at radius 1 is 1.04 bits per heavy atom. The highest BCUT2D eigenvalue weighted by atomic mass is 19.1. The maximum atomic E-state index is 13.1. The fourth-order valence-corrected chi connectivity index (χ4v) is 3.50. The van der Waals surface area contributed by atoms with Gasteiger partial charge in [-0.05, 0) is 43.8 Å². The number of nitrogens with zero attached hydrogens (tertiary/aromatic N) is 1. The number of hydrogen-bond donors (Lipinski definition) is 1. The fraction of sp³-hybridized carbons (Fsp3) is 0.429. The first-order valence-corrected chi connectivity index (χ1v) is 9.16. The highest BCUT2D eigenvalue weighted by molar-refractivity contribution is 5.23. The molecular weight excluding hydrogens is 336 g/mol. The van der Waals surface area contributed by atoms with Crippen molar-refractivity contribution in [3.05, 3.63) is 65.7 Å². The first-order valence-electron chi connectivity index (χ1n) is 9.16. The normalized spacial score (nSPS) is 17.2. The minimum absolute atomic E-state index is 0.229. The zero-order chi connectivity index (χ0) is 18.4. The summed E-state index contributed by atoms with van der Waals surface area (Å²) in [6, 6.07) is 13.0. The molecule has 2 aromatic carbocycles. The van der Waals surface area contributed by atoms with E-state index in [4.69, 9.17) is 4.74 Å². The summed E-state index contributed by atoms with van der Waals surface area (Å²) in [4.78, 5) is 2.35. The molecule has 0 radical (unpaired) electrons. The molecular formula is C21H25F2NO2. The average molecular weight is 361 g/mol. The molecule has 1 fully saturated rings. The Morgan fingerprint density at radius 2 is 1.69 bits per heavy atom. The first kappa shape index (κ1) is 18.8. The van der Waals surface area contributed by atoms with Crippen LogP contribution in [0.2, 0.25) is 0 Å². The maximum Gasteiger partial charge on any atom is 0.129 e. The minimum Gasteiger partial charge on any atom is -0.493 e. The number of aliphatic hydroxyl groups excluding tert-OH is 1. The quantitative estimate of drug-likeness (QED) is 0.751. The SMILES string of the molecule is OC(c1ccccc1)C1CCN(CCCOc2cc(F)cc(F)c2)CC1. The second kappa shape index (κ2) is 9.10. The second-order valence-corrected chi connectivity index (χ2v) is 6.84. The zero-order valence-corrected chi connectivity index (χ0v) is 14.8. The van der Waals surface area contributed by atoms with Crippen molar-refractivity contribution in [2.45, 2.75) is 25.4 Å². The van der Waals surface area contributed by atoms with E-state index in [1.807, 2.05) is 30.3 Å². The van der Waals surface area contributed by atoms with Gasteiger partial charge in [0.1, 0.15) is 17.4 Å². The van der Waals surface area contributed by atoms with Crippen LogP contribution in [0.4, 0.5) is 8.78 Å². The van der Waals surface area contributed by atoms with Crippen LogP contribution < -0.4 is 4.74 Å². The molecule has 3 nitrogen and oxygen atoms in total. The van der Waals surface area contributed by atoms with Crippen LogP contribution >= 0.6 is 0 Å². The predicted molar refractivity (Wildman–Crippen MR) is 97.0 cm³/mol. The summed E-state index contributed by atoms with van der Waals surface area (Å²) in [5, 5.41) is 10.5. The molecule has 1 aliphatic rings.